The molecule has 0 N–H and O–H groups in total. The predicted octanol–water partition coefficient (Wildman–Crippen LogP) is 3.16. The largest absolute Gasteiger partial charge is 0.265 e. The minimum atomic E-state index is -2.59. The lowest BCUT2D eigenvalue weighted by molar-refractivity contribution is 0.149. The molecule has 5 heteroatoms. The zero-order valence-corrected chi connectivity index (χ0v) is 8.98. The van der Waals surface area contributed by atoms with Crippen molar-refractivity contribution in [2.24, 2.45) is 0 Å². The molecule has 0 aromatic carbocycles. The molecule has 14 heavy (non-hydrogen) atoms. The Morgan fingerprint density at radius 2 is 2.29 bits per heavy atom. The van der Waals surface area contributed by atoms with Gasteiger partial charge < -0.3 is 0 Å². The van der Waals surface area contributed by atoms with Crippen LogP contribution in [0.5, 0.6) is 0 Å². The van der Waals surface area contributed by atoms with Gasteiger partial charge in [0.1, 0.15) is 0 Å². The van der Waals surface area contributed by atoms with Crippen LogP contribution in [0.2, 0.25) is 0 Å². The van der Waals surface area contributed by atoms with Crippen molar-refractivity contribution in [3.63, 3.8) is 0 Å². The number of halogens is 3. The Hall–Kier alpha value is -1.02. The molecule has 0 aliphatic carbocycles. The molecule has 0 bridgehead atoms. The number of hydrogen-bond acceptors (Lipinski definition) is 2. The van der Waals surface area contributed by atoms with Crippen LogP contribution in [0.3, 0.4) is 0 Å². The van der Waals surface area contributed by atoms with Crippen molar-refractivity contribution < 1.29 is 8.78 Å². The summed E-state index contributed by atoms with van der Waals surface area (Å²) in [7, 11) is 0. The molecule has 0 aliphatic rings. The number of alkyl halides is 2. The van der Waals surface area contributed by atoms with E-state index in [-0.39, 0.29) is 17.7 Å². The first-order chi connectivity index (χ1) is 6.57. The summed E-state index contributed by atoms with van der Waals surface area (Å²) in [6.07, 6.45) is -1.25. The van der Waals surface area contributed by atoms with Gasteiger partial charge in [0, 0.05) is 16.2 Å². The highest BCUT2D eigenvalue weighted by molar-refractivity contribution is 9.10. The fourth-order valence-electron chi connectivity index (χ4n) is 1.15. The lowest BCUT2D eigenvalue weighted by atomic mass is 10.1. The van der Waals surface area contributed by atoms with Gasteiger partial charge in [-0.05, 0) is 28.4 Å². The van der Waals surface area contributed by atoms with Gasteiger partial charge >= 0.3 is 0 Å². The lowest BCUT2D eigenvalue weighted by Crippen LogP contribution is -2.01. The highest BCUT2D eigenvalue weighted by atomic mass is 79.9. The summed E-state index contributed by atoms with van der Waals surface area (Å²) in [5, 5.41) is 8.44. The maximum absolute atomic E-state index is 12.6. The van der Waals surface area contributed by atoms with Crippen molar-refractivity contribution in [3.05, 3.63) is 27.5 Å². The Labute approximate surface area is 88.7 Å². The van der Waals surface area contributed by atoms with Gasteiger partial charge in [0.2, 0.25) is 0 Å². The second-order valence-electron chi connectivity index (χ2n) is 2.73. The third-order valence-corrected chi connectivity index (χ3v) is 2.67. The molecule has 2 nitrogen and oxygen atoms in total. The van der Waals surface area contributed by atoms with Gasteiger partial charge in [-0.15, -0.1) is 0 Å². The minimum absolute atomic E-state index is 0.0895. The third-order valence-electron chi connectivity index (χ3n) is 1.87. The molecule has 1 aromatic heterocycles. The molecule has 0 aliphatic heterocycles. The second kappa shape index (κ2) is 4.47. The molecule has 0 unspecified atom stereocenters. The van der Waals surface area contributed by atoms with E-state index < -0.39 is 6.43 Å². The minimum Gasteiger partial charge on any atom is -0.259 e. The quantitative estimate of drug-likeness (QED) is 0.819. The molecule has 0 atom stereocenters. The molecule has 1 heterocycles. The molecular weight excluding hydrogens is 254 g/mol. The molecule has 0 saturated carbocycles. The summed E-state index contributed by atoms with van der Waals surface area (Å²) in [6.45, 7) is 1.58. The van der Waals surface area contributed by atoms with E-state index in [1.807, 2.05) is 6.07 Å². The Balaban J connectivity index is 3.31. The summed E-state index contributed by atoms with van der Waals surface area (Å²) < 4.78 is 25.8. The van der Waals surface area contributed by atoms with Gasteiger partial charge in [-0.3, -0.25) is 4.98 Å². The zero-order chi connectivity index (χ0) is 10.7. The monoisotopic (exact) mass is 260 g/mol. The normalized spacial score (nSPS) is 10.3. The van der Waals surface area contributed by atoms with E-state index in [1.54, 1.807) is 6.92 Å². The molecule has 74 valence electrons. The first kappa shape index (κ1) is 11.1. The lowest BCUT2D eigenvalue weighted by Gasteiger charge is -2.09. The van der Waals surface area contributed by atoms with Gasteiger partial charge in [0.15, 0.2) is 0 Å². The van der Waals surface area contributed by atoms with Crippen LogP contribution >= 0.6 is 15.9 Å². The summed E-state index contributed by atoms with van der Waals surface area (Å²) in [5.74, 6) is 0. The van der Waals surface area contributed by atoms with Crippen LogP contribution in [0.15, 0.2) is 10.7 Å². The number of aromatic nitrogens is 1. The molecule has 0 amide bonds. The van der Waals surface area contributed by atoms with Crippen LogP contribution in [0.4, 0.5) is 8.78 Å². The molecule has 0 fully saturated rings. The molecular formula is C9H7BrF2N2. The summed E-state index contributed by atoms with van der Waals surface area (Å²) in [5.41, 5.74) is 0.462. The Morgan fingerprint density at radius 1 is 1.64 bits per heavy atom. The highest BCUT2D eigenvalue weighted by Gasteiger charge is 2.18. The summed E-state index contributed by atoms with van der Waals surface area (Å²) in [4.78, 5) is 3.80. The van der Waals surface area contributed by atoms with E-state index in [9.17, 15) is 8.78 Å². The van der Waals surface area contributed by atoms with Crippen molar-refractivity contribution in [1.82, 2.24) is 4.98 Å². The number of rotatable bonds is 2. The fraction of sp³-hybridized carbons (Fsp3) is 0.333. The second-order valence-corrected chi connectivity index (χ2v) is 3.58. The zero-order valence-electron chi connectivity index (χ0n) is 7.39. The molecule has 0 radical (unpaired) electrons. The van der Waals surface area contributed by atoms with Crippen LogP contribution in [0, 0.1) is 18.3 Å². The number of pyridine rings is 1. The van der Waals surface area contributed by atoms with Crippen LogP contribution in [-0.2, 0) is 6.42 Å². The number of nitrogens with zero attached hydrogens (tertiary/aromatic N) is 2. The first-order valence-electron chi connectivity index (χ1n) is 3.87. The van der Waals surface area contributed by atoms with Crippen LogP contribution in [0.1, 0.15) is 23.2 Å². The van der Waals surface area contributed by atoms with Crippen LogP contribution < -0.4 is 0 Å². The van der Waals surface area contributed by atoms with E-state index >= 15 is 0 Å². The van der Waals surface area contributed by atoms with E-state index in [4.69, 9.17) is 5.26 Å². The fourth-order valence-corrected chi connectivity index (χ4v) is 1.47. The van der Waals surface area contributed by atoms with Gasteiger partial charge in [-0.25, -0.2) is 8.78 Å². The first-order valence-corrected chi connectivity index (χ1v) is 4.66. The Bertz CT molecular complexity index is 385. The molecule has 0 spiro atoms. The highest BCUT2D eigenvalue weighted by Crippen LogP contribution is 2.29. The van der Waals surface area contributed by atoms with Gasteiger partial charge in [0.05, 0.1) is 18.2 Å². The van der Waals surface area contributed by atoms with Gasteiger partial charge in [-0.1, -0.05) is 0 Å². The van der Waals surface area contributed by atoms with Crippen molar-refractivity contribution in [1.29, 1.82) is 5.26 Å². The maximum Gasteiger partial charge on any atom is 0.265 e. The van der Waals surface area contributed by atoms with E-state index in [0.29, 0.717) is 10.0 Å². The van der Waals surface area contributed by atoms with E-state index in [1.165, 1.54) is 6.20 Å². The van der Waals surface area contributed by atoms with Crippen molar-refractivity contribution >= 4 is 15.9 Å². The molecule has 1 rings (SSSR count). The maximum atomic E-state index is 12.6. The average Bonchev–Trinajstić information content (AvgIpc) is 2.11. The van der Waals surface area contributed by atoms with Crippen LogP contribution in [-0.4, -0.2) is 4.98 Å². The topological polar surface area (TPSA) is 36.7 Å². The molecule has 1 aromatic rings. The summed E-state index contributed by atoms with van der Waals surface area (Å²) >= 11 is 3.12. The average molecular weight is 261 g/mol. The standard InChI is InChI=1S/C9H7BrF2N2/c1-5-6(10)4-14-7(2-3-13)8(5)9(11)12/h4,9H,2H2,1H3. The van der Waals surface area contributed by atoms with Crippen molar-refractivity contribution in [3.8, 4) is 6.07 Å². The van der Waals surface area contributed by atoms with Gasteiger partial charge in [-0.2, -0.15) is 5.26 Å². The van der Waals surface area contributed by atoms with Crippen LogP contribution in [0.25, 0.3) is 0 Å². The smallest absolute Gasteiger partial charge is 0.259 e. The van der Waals surface area contributed by atoms with E-state index in [2.05, 4.69) is 20.9 Å². The molecule has 0 saturated heterocycles. The Kier molecular flexibility index (Phi) is 3.53. The SMILES string of the molecule is Cc1c(Br)cnc(CC#N)c1C(F)F. The van der Waals surface area contributed by atoms with Crippen molar-refractivity contribution in [2.75, 3.05) is 0 Å². The predicted molar refractivity (Wildman–Crippen MR) is 50.9 cm³/mol. The van der Waals surface area contributed by atoms with Crippen molar-refractivity contribution in [2.45, 2.75) is 19.8 Å². The third kappa shape index (κ3) is 2.07. The van der Waals surface area contributed by atoms with Gasteiger partial charge in [0.25, 0.3) is 6.43 Å². The number of nitriles is 1. The summed E-state index contributed by atoms with van der Waals surface area (Å²) in [6, 6.07) is 1.81. The van der Waals surface area contributed by atoms with E-state index in [0.717, 1.165) is 0 Å². The Morgan fingerprint density at radius 3 is 2.79 bits per heavy atom. The number of hydrogen-bond donors (Lipinski definition) is 0.